The number of aliphatic carboxylic acids is 1. The van der Waals surface area contributed by atoms with Gasteiger partial charge in [0.2, 0.25) is 5.91 Å². The summed E-state index contributed by atoms with van der Waals surface area (Å²) < 4.78 is 61.5. The van der Waals surface area contributed by atoms with Gasteiger partial charge in [0, 0.05) is 13.1 Å². The maximum Gasteiger partial charge on any atom is 0.394 e. The molecule has 1 aliphatic rings. The molecule has 1 amide bonds. The van der Waals surface area contributed by atoms with E-state index in [1.54, 1.807) is 0 Å². The molecule has 2 atom stereocenters. The van der Waals surface area contributed by atoms with Crippen molar-refractivity contribution in [3.63, 3.8) is 0 Å². The summed E-state index contributed by atoms with van der Waals surface area (Å²) in [5.41, 5.74) is 0. The Morgan fingerprint density at radius 2 is 1.81 bits per heavy atom. The molecule has 1 aliphatic heterocycles. The third-order valence-corrected chi connectivity index (χ3v) is 5.54. The van der Waals surface area contributed by atoms with E-state index in [4.69, 9.17) is 5.11 Å². The Balaban J connectivity index is 2.88. The zero-order chi connectivity index (χ0) is 16.6. The van der Waals surface area contributed by atoms with Crippen LogP contribution in [-0.4, -0.2) is 60.6 Å². The SMILES string of the molecule is CC(C)S(=O)(=O)CC(=O)N1C[C@@H](C(F)(F)F)[C@H](C(=O)O)C1. The van der Waals surface area contributed by atoms with Crippen LogP contribution in [0.5, 0.6) is 0 Å². The number of amides is 1. The number of sulfone groups is 1. The molecule has 0 spiro atoms. The van der Waals surface area contributed by atoms with Gasteiger partial charge in [0.05, 0.1) is 17.1 Å². The average molecular weight is 331 g/mol. The van der Waals surface area contributed by atoms with Gasteiger partial charge in [0.25, 0.3) is 0 Å². The predicted molar refractivity (Wildman–Crippen MR) is 66.2 cm³/mol. The zero-order valence-electron chi connectivity index (χ0n) is 11.4. The van der Waals surface area contributed by atoms with Crippen molar-refractivity contribution in [2.24, 2.45) is 11.8 Å². The van der Waals surface area contributed by atoms with Gasteiger partial charge in [-0.15, -0.1) is 0 Å². The van der Waals surface area contributed by atoms with E-state index in [0.717, 1.165) is 0 Å². The molecule has 6 nitrogen and oxygen atoms in total. The number of carbonyl (C=O) groups excluding carboxylic acids is 1. The van der Waals surface area contributed by atoms with Crippen molar-refractivity contribution in [3.05, 3.63) is 0 Å². The Hall–Kier alpha value is -1.32. The highest BCUT2D eigenvalue weighted by Crippen LogP contribution is 2.37. The molecule has 122 valence electrons. The molecule has 1 N–H and O–H groups in total. The Bertz CT molecular complexity index is 528. The van der Waals surface area contributed by atoms with Crippen molar-refractivity contribution in [3.8, 4) is 0 Å². The minimum absolute atomic E-state index is 0.633. The molecule has 1 saturated heterocycles. The Morgan fingerprint density at radius 1 is 1.29 bits per heavy atom. The summed E-state index contributed by atoms with van der Waals surface area (Å²) in [6.45, 7) is 1.25. The number of carboxylic acid groups (broad SMARTS) is 1. The number of rotatable bonds is 4. The second kappa shape index (κ2) is 5.82. The largest absolute Gasteiger partial charge is 0.481 e. The van der Waals surface area contributed by atoms with Crippen molar-refractivity contribution in [2.45, 2.75) is 25.3 Å². The first-order valence-electron chi connectivity index (χ1n) is 6.15. The van der Waals surface area contributed by atoms with Crippen molar-refractivity contribution in [1.29, 1.82) is 0 Å². The maximum absolute atomic E-state index is 12.8. The minimum Gasteiger partial charge on any atom is -0.481 e. The summed E-state index contributed by atoms with van der Waals surface area (Å²) in [6, 6.07) is 0. The molecule has 1 heterocycles. The van der Waals surface area contributed by atoms with Gasteiger partial charge in [-0.2, -0.15) is 13.2 Å². The molecule has 0 unspecified atom stereocenters. The number of carboxylic acids is 1. The number of carbonyl (C=O) groups is 2. The smallest absolute Gasteiger partial charge is 0.394 e. The van der Waals surface area contributed by atoms with Crippen LogP contribution in [0.3, 0.4) is 0 Å². The summed E-state index contributed by atoms with van der Waals surface area (Å²) in [7, 11) is -3.75. The fraction of sp³-hybridized carbons (Fsp3) is 0.818. The Kier molecular flexibility index (Phi) is 4.91. The first-order valence-corrected chi connectivity index (χ1v) is 7.86. The first kappa shape index (κ1) is 17.7. The number of hydrogen-bond donors (Lipinski definition) is 1. The second-order valence-corrected chi connectivity index (χ2v) is 7.80. The molecule has 21 heavy (non-hydrogen) atoms. The van der Waals surface area contributed by atoms with Crippen LogP contribution >= 0.6 is 0 Å². The van der Waals surface area contributed by atoms with Crippen LogP contribution < -0.4 is 0 Å². The zero-order valence-corrected chi connectivity index (χ0v) is 12.2. The van der Waals surface area contributed by atoms with Crippen molar-refractivity contribution >= 4 is 21.7 Å². The van der Waals surface area contributed by atoms with E-state index in [9.17, 15) is 31.2 Å². The lowest BCUT2D eigenvalue weighted by molar-refractivity contribution is -0.188. The summed E-state index contributed by atoms with van der Waals surface area (Å²) in [6.07, 6.45) is -4.75. The number of nitrogens with zero attached hydrogens (tertiary/aromatic N) is 1. The third kappa shape index (κ3) is 4.08. The summed E-state index contributed by atoms with van der Waals surface area (Å²) in [5, 5.41) is 7.98. The fourth-order valence-electron chi connectivity index (χ4n) is 2.02. The lowest BCUT2D eigenvalue weighted by atomic mass is 9.96. The van der Waals surface area contributed by atoms with Crippen LogP contribution in [0.15, 0.2) is 0 Å². The Labute approximate surface area is 119 Å². The third-order valence-electron chi connectivity index (χ3n) is 3.45. The molecule has 0 radical (unpaired) electrons. The van der Waals surface area contributed by atoms with Gasteiger partial charge >= 0.3 is 12.1 Å². The van der Waals surface area contributed by atoms with Crippen LogP contribution in [0, 0.1) is 11.8 Å². The number of halogens is 3. The fourth-order valence-corrected chi connectivity index (χ4v) is 2.88. The highest BCUT2D eigenvalue weighted by molar-refractivity contribution is 7.92. The lowest BCUT2D eigenvalue weighted by Crippen LogP contribution is -2.37. The minimum atomic E-state index is -4.75. The van der Waals surface area contributed by atoms with Gasteiger partial charge in [0.1, 0.15) is 5.75 Å². The van der Waals surface area contributed by atoms with Gasteiger partial charge in [-0.1, -0.05) is 0 Å². The molecular formula is C11H16F3NO5S. The normalized spacial score (nSPS) is 23.6. The van der Waals surface area contributed by atoms with Crippen molar-refractivity contribution in [1.82, 2.24) is 4.90 Å². The van der Waals surface area contributed by atoms with E-state index in [2.05, 4.69) is 0 Å². The number of likely N-dealkylation sites (tertiary alicyclic amines) is 1. The summed E-state index contributed by atoms with van der Waals surface area (Å²) in [4.78, 5) is 23.3. The predicted octanol–water partition coefficient (Wildman–Crippen LogP) is 0.531. The summed E-state index contributed by atoms with van der Waals surface area (Å²) >= 11 is 0. The van der Waals surface area contributed by atoms with E-state index in [0.29, 0.717) is 4.90 Å². The Morgan fingerprint density at radius 3 is 2.14 bits per heavy atom. The standard InChI is InChI=1S/C11H16F3NO5S/c1-6(2)21(19,20)5-9(16)15-3-7(10(17)18)8(4-15)11(12,13)14/h6-8H,3-5H2,1-2H3,(H,17,18)/t7-,8-/m1/s1. The van der Waals surface area contributed by atoms with Gasteiger partial charge in [-0.25, -0.2) is 8.42 Å². The van der Waals surface area contributed by atoms with Crippen molar-refractivity contribution < 1.29 is 36.3 Å². The second-order valence-electron chi connectivity index (χ2n) is 5.25. The van der Waals surface area contributed by atoms with E-state index < -0.39 is 63.8 Å². The number of hydrogen-bond acceptors (Lipinski definition) is 4. The molecule has 1 fully saturated rings. The van der Waals surface area contributed by atoms with Crippen LogP contribution in [0.4, 0.5) is 13.2 Å². The number of alkyl halides is 3. The van der Waals surface area contributed by atoms with E-state index in [1.165, 1.54) is 13.8 Å². The van der Waals surface area contributed by atoms with Crippen molar-refractivity contribution in [2.75, 3.05) is 18.8 Å². The summed E-state index contributed by atoms with van der Waals surface area (Å²) in [5.74, 6) is -7.51. The first-order chi connectivity index (χ1) is 9.36. The van der Waals surface area contributed by atoms with Crippen LogP contribution in [-0.2, 0) is 19.4 Å². The maximum atomic E-state index is 12.8. The van der Waals surface area contributed by atoms with Gasteiger partial charge in [-0.3, -0.25) is 9.59 Å². The van der Waals surface area contributed by atoms with Gasteiger partial charge in [-0.05, 0) is 13.8 Å². The molecule has 10 heteroatoms. The van der Waals surface area contributed by atoms with Crippen LogP contribution in [0.1, 0.15) is 13.8 Å². The van der Waals surface area contributed by atoms with Crippen LogP contribution in [0.25, 0.3) is 0 Å². The highest BCUT2D eigenvalue weighted by atomic mass is 32.2. The molecule has 1 rings (SSSR count). The topological polar surface area (TPSA) is 91.8 Å². The van der Waals surface area contributed by atoms with E-state index in [1.807, 2.05) is 0 Å². The monoisotopic (exact) mass is 331 g/mol. The highest BCUT2D eigenvalue weighted by Gasteiger charge is 2.53. The van der Waals surface area contributed by atoms with Gasteiger partial charge in [0.15, 0.2) is 9.84 Å². The molecule has 0 saturated carbocycles. The molecule has 0 aromatic heterocycles. The van der Waals surface area contributed by atoms with E-state index >= 15 is 0 Å². The van der Waals surface area contributed by atoms with Crippen LogP contribution in [0.2, 0.25) is 0 Å². The lowest BCUT2D eigenvalue weighted by Gasteiger charge is -2.18. The van der Waals surface area contributed by atoms with E-state index in [-0.39, 0.29) is 0 Å². The van der Waals surface area contributed by atoms with Gasteiger partial charge < -0.3 is 10.0 Å². The molecule has 0 aromatic carbocycles. The molecule has 0 aromatic rings. The quantitative estimate of drug-likeness (QED) is 0.811. The molecule has 0 aliphatic carbocycles. The molecular weight excluding hydrogens is 315 g/mol. The average Bonchev–Trinajstić information content (AvgIpc) is 2.72. The molecule has 0 bridgehead atoms.